The topological polar surface area (TPSA) is 92.0 Å². The van der Waals surface area contributed by atoms with Crippen LogP contribution in [0.3, 0.4) is 0 Å². The molecule has 1 aromatic carbocycles. The van der Waals surface area contributed by atoms with Gasteiger partial charge in [-0.3, -0.25) is 4.79 Å². The second-order valence-electron chi connectivity index (χ2n) is 6.27. The van der Waals surface area contributed by atoms with Gasteiger partial charge in [-0.15, -0.1) is 0 Å². The van der Waals surface area contributed by atoms with Crippen LogP contribution in [0.2, 0.25) is 10.0 Å². The van der Waals surface area contributed by atoms with Crippen molar-refractivity contribution in [3.05, 3.63) is 38.2 Å². The molecule has 0 unspecified atom stereocenters. The van der Waals surface area contributed by atoms with Crippen molar-refractivity contribution < 1.29 is 28.2 Å². The lowest BCUT2D eigenvalue weighted by Gasteiger charge is -2.19. The van der Waals surface area contributed by atoms with E-state index in [2.05, 4.69) is 4.74 Å². The molecular formula is C17H16Cl2O7. The van der Waals surface area contributed by atoms with Crippen molar-refractivity contribution in [1.29, 1.82) is 0 Å². The Kier molecular flexibility index (Phi) is 5.83. The average Bonchev–Trinajstić information content (AvgIpc) is 2.49. The fraction of sp³-hybridized carbons (Fsp3) is 0.353. The van der Waals surface area contributed by atoms with Gasteiger partial charge in [-0.2, -0.15) is 0 Å². The summed E-state index contributed by atoms with van der Waals surface area (Å²) < 4.78 is 20.2. The molecule has 0 aliphatic rings. The van der Waals surface area contributed by atoms with Crippen molar-refractivity contribution in [2.45, 2.75) is 33.3 Å². The second kappa shape index (κ2) is 7.55. The molecular weight excluding hydrogens is 387 g/mol. The second-order valence-corrected chi connectivity index (χ2v) is 7.05. The number of rotatable bonds is 4. The minimum atomic E-state index is -0.915. The van der Waals surface area contributed by atoms with Crippen molar-refractivity contribution in [2.24, 2.45) is 0 Å². The molecule has 140 valence electrons. The lowest BCUT2D eigenvalue weighted by atomic mass is 10.1. The summed E-state index contributed by atoms with van der Waals surface area (Å²) >= 11 is 12.3. The molecule has 0 saturated carbocycles. The van der Waals surface area contributed by atoms with Gasteiger partial charge in [-0.05, 0) is 32.9 Å². The quantitative estimate of drug-likeness (QED) is 0.434. The number of hydrogen-bond donors (Lipinski definition) is 0. The molecule has 0 atom stereocenters. The van der Waals surface area contributed by atoms with Gasteiger partial charge in [-0.25, -0.2) is 9.59 Å². The van der Waals surface area contributed by atoms with E-state index < -0.39 is 30.0 Å². The molecule has 0 fully saturated rings. The van der Waals surface area contributed by atoms with Gasteiger partial charge in [0.1, 0.15) is 16.2 Å². The molecule has 0 bridgehead atoms. The standard InChI is InChI=1S/C17H16Cl2O7/c1-8(20)23-7-24-14-11(18)6-9-5-10(16(22)26-17(2,3)4)15(21)25-13(9)12(14)19/h5-6H,7H2,1-4H3. The molecule has 0 spiro atoms. The van der Waals surface area contributed by atoms with E-state index in [1.165, 1.54) is 19.1 Å². The van der Waals surface area contributed by atoms with Crippen LogP contribution in [-0.2, 0) is 14.3 Å². The summed E-state index contributed by atoms with van der Waals surface area (Å²) in [6.45, 7) is 5.82. The molecule has 0 N–H and O–H groups in total. The van der Waals surface area contributed by atoms with Gasteiger partial charge >= 0.3 is 17.6 Å². The zero-order valence-electron chi connectivity index (χ0n) is 14.5. The van der Waals surface area contributed by atoms with Crippen LogP contribution in [0.25, 0.3) is 11.0 Å². The zero-order valence-corrected chi connectivity index (χ0v) is 16.0. The molecule has 7 nitrogen and oxygen atoms in total. The van der Waals surface area contributed by atoms with Crippen molar-refractivity contribution >= 4 is 46.1 Å². The molecule has 26 heavy (non-hydrogen) atoms. The smallest absolute Gasteiger partial charge is 0.351 e. The summed E-state index contributed by atoms with van der Waals surface area (Å²) in [4.78, 5) is 35.1. The Labute approximate surface area is 158 Å². The first-order valence-corrected chi connectivity index (χ1v) is 8.20. The Bertz CT molecular complexity index is 925. The summed E-state index contributed by atoms with van der Waals surface area (Å²) in [5.41, 5.74) is -2.00. The van der Waals surface area contributed by atoms with Crippen LogP contribution in [-0.4, -0.2) is 24.3 Å². The van der Waals surface area contributed by atoms with E-state index in [1.807, 2.05) is 0 Å². The summed E-state index contributed by atoms with van der Waals surface area (Å²) in [7, 11) is 0. The first-order valence-electron chi connectivity index (χ1n) is 7.45. The number of benzene rings is 1. The third-order valence-electron chi connectivity index (χ3n) is 2.96. The van der Waals surface area contributed by atoms with E-state index in [0.717, 1.165) is 0 Å². The van der Waals surface area contributed by atoms with Crippen LogP contribution in [0.4, 0.5) is 0 Å². The molecule has 1 heterocycles. The van der Waals surface area contributed by atoms with E-state index in [1.54, 1.807) is 20.8 Å². The van der Waals surface area contributed by atoms with Crippen LogP contribution < -0.4 is 10.4 Å². The van der Waals surface area contributed by atoms with Gasteiger partial charge in [0.15, 0.2) is 11.3 Å². The number of carbonyl (C=O) groups excluding carboxylic acids is 2. The molecule has 9 heteroatoms. The number of halogens is 2. The average molecular weight is 403 g/mol. The summed E-state index contributed by atoms with van der Waals surface area (Å²) in [6.07, 6.45) is 0. The molecule has 0 saturated heterocycles. The predicted molar refractivity (Wildman–Crippen MR) is 94.9 cm³/mol. The fourth-order valence-corrected chi connectivity index (χ4v) is 2.57. The van der Waals surface area contributed by atoms with Crippen LogP contribution in [0, 0.1) is 0 Å². The normalized spacial score (nSPS) is 11.3. The largest absolute Gasteiger partial charge is 0.456 e. The zero-order chi connectivity index (χ0) is 19.6. The van der Waals surface area contributed by atoms with Gasteiger partial charge in [0.2, 0.25) is 6.79 Å². The molecule has 0 aliphatic heterocycles. The van der Waals surface area contributed by atoms with Gasteiger partial charge in [0.05, 0.1) is 5.02 Å². The Hall–Kier alpha value is -2.25. The summed E-state index contributed by atoms with van der Waals surface area (Å²) in [5, 5.41) is 0.298. The lowest BCUT2D eigenvalue weighted by molar-refractivity contribution is -0.147. The Morgan fingerprint density at radius 2 is 1.85 bits per heavy atom. The van der Waals surface area contributed by atoms with E-state index in [4.69, 9.17) is 37.1 Å². The van der Waals surface area contributed by atoms with Gasteiger partial charge < -0.3 is 18.6 Å². The van der Waals surface area contributed by atoms with Crippen LogP contribution in [0.5, 0.6) is 5.75 Å². The number of ether oxygens (including phenoxy) is 3. The monoisotopic (exact) mass is 402 g/mol. The minimum Gasteiger partial charge on any atom is -0.456 e. The Morgan fingerprint density at radius 3 is 2.42 bits per heavy atom. The molecule has 2 aromatic rings. The lowest BCUT2D eigenvalue weighted by Crippen LogP contribution is -2.27. The van der Waals surface area contributed by atoms with Gasteiger partial charge in [0, 0.05) is 12.3 Å². The van der Waals surface area contributed by atoms with Crippen molar-refractivity contribution in [2.75, 3.05) is 6.79 Å². The fourth-order valence-electron chi connectivity index (χ4n) is 1.95. The predicted octanol–water partition coefficient (Wildman–Crippen LogP) is 3.95. The number of carbonyl (C=O) groups is 2. The van der Waals surface area contributed by atoms with Crippen molar-refractivity contribution in [3.8, 4) is 5.75 Å². The molecule has 0 radical (unpaired) electrons. The summed E-state index contributed by atoms with van der Waals surface area (Å²) in [6, 6.07) is 2.69. The highest BCUT2D eigenvalue weighted by Gasteiger charge is 2.23. The molecule has 0 aliphatic carbocycles. The Morgan fingerprint density at radius 1 is 1.19 bits per heavy atom. The maximum Gasteiger partial charge on any atom is 0.351 e. The maximum atomic E-state index is 12.1. The number of hydrogen-bond acceptors (Lipinski definition) is 7. The van der Waals surface area contributed by atoms with E-state index in [0.29, 0.717) is 5.39 Å². The maximum absolute atomic E-state index is 12.1. The highest BCUT2D eigenvalue weighted by Crippen LogP contribution is 2.39. The summed E-state index contributed by atoms with van der Waals surface area (Å²) in [5.74, 6) is -1.39. The first kappa shape index (κ1) is 20.1. The SMILES string of the molecule is CC(=O)OCOc1c(Cl)cc2cc(C(=O)OC(C)(C)C)c(=O)oc2c1Cl. The molecule has 1 aromatic heterocycles. The molecule has 0 amide bonds. The van der Waals surface area contributed by atoms with E-state index in [-0.39, 0.29) is 26.9 Å². The van der Waals surface area contributed by atoms with Crippen molar-refractivity contribution in [1.82, 2.24) is 0 Å². The van der Waals surface area contributed by atoms with Crippen LogP contribution in [0.15, 0.2) is 21.3 Å². The number of esters is 2. The van der Waals surface area contributed by atoms with E-state index in [9.17, 15) is 14.4 Å². The third-order valence-corrected chi connectivity index (χ3v) is 3.58. The molecule has 2 rings (SSSR count). The van der Waals surface area contributed by atoms with Crippen molar-refractivity contribution in [3.63, 3.8) is 0 Å². The minimum absolute atomic E-state index is 0.0183. The number of fused-ring (bicyclic) bond motifs is 1. The Balaban J connectivity index is 2.46. The first-order chi connectivity index (χ1) is 12.0. The van der Waals surface area contributed by atoms with Crippen LogP contribution >= 0.6 is 23.2 Å². The third kappa shape index (κ3) is 4.68. The highest BCUT2D eigenvalue weighted by molar-refractivity contribution is 6.40. The van der Waals surface area contributed by atoms with Gasteiger partial charge in [0.25, 0.3) is 0 Å². The van der Waals surface area contributed by atoms with Gasteiger partial charge in [-0.1, -0.05) is 23.2 Å². The van der Waals surface area contributed by atoms with Crippen LogP contribution in [0.1, 0.15) is 38.1 Å². The van der Waals surface area contributed by atoms with E-state index >= 15 is 0 Å². The highest BCUT2D eigenvalue weighted by atomic mass is 35.5.